The van der Waals surface area contributed by atoms with Crippen LogP contribution in [0.15, 0.2) is 24.9 Å². The summed E-state index contributed by atoms with van der Waals surface area (Å²) in [5, 5.41) is 16.0. The van der Waals surface area contributed by atoms with Gasteiger partial charge in [0, 0.05) is 25.5 Å². The van der Waals surface area contributed by atoms with Gasteiger partial charge in [0.1, 0.15) is 6.33 Å². The Kier molecular flexibility index (Phi) is 3.56. The molecule has 0 saturated carbocycles. The van der Waals surface area contributed by atoms with Crippen LogP contribution in [-0.2, 0) is 4.74 Å². The number of esters is 1. The minimum Gasteiger partial charge on any atom is -0.464 e. The Morgan fingerprint density at radius 3 is 3.17 bits per heavy atom. The number of ether oxygens (including phenoxy) is 1. The highest BCUT2D eigenvalue weighted by atomic mass is 16.5. The largest absolute Gasteiger partial charge is 0.464 e. The lowest BCUT2D eigenvalue weighted by atomic mass is 10.1. The molecule has 4 heterocycles. The average Bonchev–Trinajstić information content (AvgIpc) is 3.30. The number of fused-ring (bicyclic) bond motifs is 1. The van der Waals surface area contributed by atoms with Crippen molar-refractivity contribution in [2.75, 3.05) is 25.1 Å². The van der Waals surface area contributed by atoms with Crippen LogP contribution < -0.4 is 4.90 Å². The number of rotatable bonds is 3. The highest BCUT2D eigenvalue weighted by Gasteiger charge is 2.26. The molecule has 1 atom stereocenters. The van der Waals surface area contributed by atoms with Crippen LogP contribution in [0.3, 0.4) is 0 Å². The fourth-order valence-electron chi connectivity index (χ4n) is 2.98. The fourth-order valence-corrected chi connectivity index (χ4v) is 2.98. The van der Waals surface area contributed by atoms with E-state index in [1.54, 1.807) is 23.4 Å². The average molecular weight is 328 g/mol. The highest BCUT2D eigenvalue weighted by molar-refractivity contribution is 5.86. The van der Waals surface area contributed by atoms with E-state index in [0.29, 0.717) is 6.54 Å². The van der Waals surface area contributed by atoms with E-state index in [4.69, 9.17) is 0 Å². The second-order valence-electron chi connectivity index (χ2n) is 5.63. The molecule has 3 aromatic heterocycles. The van der Waals surface area contributed by atoms with Crippen LogP contribution in [0.2, 0.25) is 0 Å². The maximum atomic E-state index is 11.5. The van der Waals surface area contributed by atoms with Gasteiger partial charge in [0.25, 0.3) is 0 Å². The zero-order valence-corrected chi connectivity index (χ0v) is 13.1. The number of methoxy groups -OCH3 is 1. The first kappa shape index (κ1) is 14.5. The molecule has 0 bridgehead atoms. The van der Waals surface area contributed by atoms with Gasteiger partial charge in [-0.1, -0.05) is 5.21 Å². The minimum atomic E-state index is -0.483. The molecular weight excluding hydrogens is 312 g/mol. The number of nitrogens with zero attached hydrogens (tertiary/aromatic N) is 8. The van der Waals surface area contributed by atoms with Crippen molar-refractivity contribution in [3.8, 4) is 0 Å². The van der Waals surface area contributed by atoms with Gasteiger partial charge in [0.05, 0.1) is 19.3 Å². The summed E-state index contributed by atoms with van der Waals surface area (Å²) in [5.74, 6) is 0.316. The summed E-state index contributed by atoms with van der Waals surface area (Å²) in [7, 11) is 1.33. The van der Waals surface area contributed by atoms with Crippen molar-refractivity contribution in [2.45, 2.75) is 18.9 Å². The van der Waals surface area contributed by atoms with E-state index >= 15 is 0 Å². The van der Waals surface area contributed by atoms with Crippen LogP contribution in [-0.4, -0.2) is 60.7 Å². The zero-order chi connectivity index (χ0) is 16.5. The van der Waals surface area contributed by atoms with Gasteiger partial charge in [-0.05, 0) is 12.8 Å². The number of anilines is 1. The third kappa shape index (κ3) is 2.45. The first-order chi connectivity index (χ1) is 11.8. The summed E-state index contributed by atoms with van der Waals surface area (Å²) in [4.78, 5) is 18.2. The van der Waals surface area contributed by atoms with Crippen LogP contribution in [0.25, 0.3) is 5.65 Å². The van der Waals surface area contributed by atoms with Crippen LogP contribution >= 0.6 is 0 Å². The topological polar surface area (TPSA) is 103 Å². The van der Waals surface area contributed by atoms with E-state index in [0.717, 1.165) is 30.9 Å². The lowest BCUT2D eigenvalue weighted by Gasteiger charge is -2.33. The molecule has 4 rings (SSSR count). The van der Waals surface area contributed by atoms with Crippen molar-refractivity contribution in [3.05, 3.63) is 30.6 Å². The molecule has 0 aliphatic carbocycles. The number of carbonyl (C=O) groups excluding carboxylic acids is 1. The summed E-state index contributed by atoms with van der Waals surface area (Å²) in [6.07, 6.45) is 8.78. The van der Waals surface area contributed by atoms with Gasteiger partial charge in [-0.25, -0.2) is 14.5 Å². The van der Waals surface area contributed by atoms with Gasteiger partial charge < -0.3 is 9.64 Å². The minimum absolute atomic E-state index is 0.106. The summed E-state index contributed by atoms with van der Waals surface area (Å²) in [5.41, 5.74) is 0.944. The Balaban J connectivity index is 1.59. The smallest absolute Gasteiger partial charge is 0.360 e. The van der Waals surface area contributed by atoms with E-state index < -0.39 is 5.97 Å². The molecule has 1 aliphatic heterocycles. The summed E-state index contributed by atoms with van der Waals surface area (Å²) in [6, 6.07) is 0.106. The van der Waals surface area contributed by atoms with E-state index in [1.807, 2.05) is 10.6 Å². The predicted molar refractivity (Wildman–Crippen MR) is 82.6 cm³/mol. The standard InChI is InChI=1S/C14H16N8O2/c1-24-14(23)11-8-22(19-17-11)10-3-2-5-20(7-10)12-13-18-16-9-21(13)6-4-15-12/h4,6,8-10H,2-3,5,7H2,1H3. The van der Waals surface area contributed by atoms with Gasteiger partial charge in [0.2, 0.25) is 5.65 Å². The number of hydrogen-bond acceptors (Lipinski definition) is 8. The second-order valence-corrected chi connectivity index (χ2v) is 5.63. The Morgan fingerprint density at radius 1 is 1.38 bits per heavy atom. The third-order valence-corrected chi connectivity index (χ3v) is 4.17. The van der Waals surface area contributed by atoms with Crippen LogP contribution in [0, 0.1) is 0 Å². The molecule has 24 heavy (non-hydrogen) atoms. The molecule has 10 nitrogen and oxygen atoms in total. The van der Waals surface area contributed by atoms with Gasteiger partial charge in [-0.15, -0.1) is 15.3 Å². The molecule has 1 fully saturated rings. The van der Waals surface area contributed by atoms with Gasteiger partial charge in [-0.2, -0.15) is 0 Å². The first-order valence-electron chi connectivity index (χ1n) is 7.65. The van der Waals surface area contributed by atoms with Gasteiger partial charge in [0.15, 0.2) is 11.5 Å². The normalized spacial score (nSPS) is 18.0. The van der Waals surface area contributed by atoms with E-state index in [2.05, 4.69) is 35.1 Å². The van der Waals surface area contributed by atoms with Gasteiger partial charge >= 0.3 is 5.97 Å². The molecule has 0 amide bonds. The van der Waals surface area contributed by atoms with Crippen molar-refractivity contribution in [3.63, 3.8) is 0 Å². The number of piperidine rings is 1. The van der Waals surface area contributed by atoms with Crippen molar-refractivity contribution in [2.24, 2.45) is 0 Å². The summed E-state index contributed by atoms with van der Waals surface area (Å²) >= 11 is 0. The molecule has 1 unspecified atom stereocenters. The Labute approximate surface area is 137 Å². The SMILES string of the molecule is COC(=O)c1cn(C2CCCN(c3nccn4cnnc34)C2)nn1. The lowest BCUT2D eigenvalue weighted by molar-refractivity contribution is 0.0594. The zero-order valence-electron chi connectivity index (χ0n) is 13.1. The maximum Gasteiger partial charge on any atom is 0.360 e. The summed E-state index contributed by atoms with van der Waals surface area (Å²) < 4.78 is 8.24. The molecular formula is C14H16N8O2. The first-order valence-corrected chi connectivity index (χ1v) is 7.65. The monoisotopic (exact) mass is 328 g/mol. The number of carbonyl (C=O) groups is 1. The molecule has 3 aromatic rings. The second kappa shape index (κ2) is 5.87. The van der Waals surface area contributed by atoms with Crippen molar-refractivity contribution < 1.29 is 9.53 Å². The molecule has 0 aromatic carbocycles. The highest BCUT2D eigenvalue weighted by Crippen LogP contribution is 2.26. The Bertz CT molecular complexity index is 872. The van der Waals surface area contributed by atoms with Crippen molar-refractivity contribution >= 4 is 17.4 Å². The van der Waals surface area contributed by atoms with Crippen LogP contribution in [0.5, 0.6) is 0 Å². The van der Waals surface area contributed by atoms with E-state index in [1.165, 1.54) is 7.11 Å². The lowest BCUT2D eigenvalue weighted by Crippen LogP contribution is -2.37. The Hall–Kier alpha value is -3.04. The predicted octanol–water partition coefficient (Wildman–Crippen LogP) is 0.344. The molecule has 10 heteroatoms. The van der Waals surface area contributed by atoms with Crippen LogP contribution in [0.1, 0.15) is 29.4 Å². The molecule has 0 N–H and O–H groups in total. The number of hydrogen-bond donors (Lipinski definition) is 0. The molecule has 0 radical (unpaired) electrons. The molecule has 1 aliphatic rings. The maximum absolute atomic E-state index is 11.5. The quantitative estimate of drug-likeness (QED) is 0.634. The molecule has 1 saturated heterocycles. The van der Waals surface area contributed by atoms with Crippen LogP contribution in [0.4, 0.5) is 5.82 Å². The Morgan fingerprint density at radius 2 is 2.29 bits per heavy atom. The summed E-state index contributed by atoms with van der Waals surface area (Å²) in [6.45, 7) is 1.60. The van der Waals surface area contributed by atoms with Crippen molar-refractivity contribution in [1.82, 2.24) is 34.6 Å². The number of aromatic nitrogens is 7. The fraction of sp³-hybridized carbons (Fsp3) is 0.429. The third-order valence-electron chi connectivity index (χ3n) is 4.17. The molecule has 124 valence electrons. The van der Waals surface area contributed by atoms with Gasteiger partial charge in [-0.3, -0.25) is 4.40 Å². The van der Waals surface area contributed by atoms with Crippen molar-refractivity contribution in [1.29, 1.82) is 0 Å². The van der Waals surface area contributed by atoms with E-state index in [-0.39, 0.29) is 11.7 Å². The molecule has 0 spiro atoms. The van der Waals surface area contributed by atoms with E-state index in [9.17, 15) is 4.79 Å².